The number of amides is 3. The van der Waals surface area contributed by atoms with Crippen LogP contribution in [0.5, 0.6) is 5.75 Å². The molecular weight excluding hydrogens is 503 g/mol. The SMILES string of the molecule is COc1ccccc1N1CCN(CC(=O)N2CCNC(=O)[C@H]2CC(=O)Nc2cccc(C(F)(F)F)c2)CC1. The van der Waals surface area contributed by atoms with Gasteiger partial charge in [-0.1, -0.05) is 18.2 Å². The second-order valence-corrected chi connectivity index (χ2v) is 9.16. The van der Waals surface area contributed by atoms with Gasteiger partial charge in [0.15, 0.2) is 0 Å². The van der Waals surface area contributed by atoms with Gasteiger partial charge in [0, 0.05) is 45.0 Å². The molecule has 2 aliphatic heterocycles. The fourth-order valence-corrected chi connectivity index (χ4v) is 4.70. The summed E-state index contributed by atoms with van der Waals surface area (Å²) in [6.45, 7) is 3.24. The van der Waals surface area contributed by atoms with Crippen molar-refractivity contribution in [3.05, 3.63) is 54.1 Å². The van der Waals surface area contributed by atoms with E-state index in [1.807, 2.05) is 29.2 Å². The molecule has 38 heavy (non-hydrogen) atoms. The van der Waals surface area contributed by atoms with Crippen LogP contribution in [-0.4, -0.2) is 86.5 Å². The predicted molar refractivity (Wildman–Crippen MR) is 135 cm³/mol. The predicted octanol–water partition coefficient (Wildman–Crippen LogP) is 2.19. The van der Waals surface area contributed by atoms with Gasteiger partial charge in [-0.2, -0.15) is 13.2 Å². The van der Waals surface area contributed by atoms with Crippen LogP contribution in [0.2, 0.25) is 0 Å². The zero-order chi connectivity index (χ0) is 27.3. The average Bonchev–Trinajstić information content (AvgIpc) is 2.90. The summed E-state index contributed by atoms with van der Waals surface area (Å²) in [4.78, 5) is 44.0. The van der Waals surface area contributed by atoms with Crippen LogP contribution in [-0.2, 0) is 20.6 Å². The molecular formula is C26H30F3N5O4. The Balaban J connectivity index is 1.34. The van der Waals surface area contributed by atoms with Crippen LogP contribution in [0, 0.1) is 0 Å². The van der Waals surface area contributed by atoms with E-state index in [0.717, 1.165) is 23.6 Å². The lowest BCUT2D eigenvalue weighted by molar-refractivity contribution is -0.145. The van der Waals surface area contributed by atoms with Crippen molar-refractivity contribution in [3.8, 4) is 5.75 Å². The maximum atomic E-state index is 13.2. The summed E-state index contributed by atoms with van der Waals surface area (Å²) in [5.41, 5.74) is 0.0562. The van der Waals surface area contributed by atoms with E-state index in [0.29, 0.717) is 26.2 Å². The molecule has 12 heteroatoms. The summed E-state index contributed by atoms with van der Waals surface area (Å²) in [6, 6.07) is 10.9. The van der Waals surface area contributed by atoms with Gasteiger partial charge in [-0.15, -0.1) is 0 Å². The third kappa shape index (κ3) is 6.55. The van der Waals surface area contributed by atoms with Crippen molar-refractivity contribution in [2.24, 2.45) is 0 Å². The first kappa shape index (κ1) is 27.2. The fraction of sp³-hybridized carbons (Fsp3) is 0.423. The Morgan fingerprint density at radius 1 is 1.05 bits per heavy atom. The van der Waals surface area contributed by atoms with E-state index in [1.54, 1.807) is 7.11 Å². The van der Waals surface area contributed by atoms with Gasteiger partial charge in [0.1, 0.15) is 11.8 Å². The molecule has 0 spiro atoms. The molecule has 2 fully saturated rings. The van der Waals surface area contributed by atoms with Crippen molar-refractivity contribution < 1.29 is 32.3 Å². The highest BCUT2D eigenvalue weighted by Gasteiger charge is 2.36. The maximum Gasteiger partial charge on any atom is 0.416 e. The van der Waals surface area contributed by atoms with Gasteiger partial charge in [0.25, 0.3) is 0 Å². The number of carbonyl (C=O) groups excluding carboxylic acids is 3. The highest BCUT2D eigenvalue weighted by Crippen LogP contribution is 2.31. The number of piperazine rings is 2. The molecule has 0 aromatic heterocycles. The van der Waals surface area contributed by atoms with Gasteiger partial charge >= 0.3 is 6.18 Å². The minimum atomic E-state index is -4.55. The van der Waals surface area contributed by atoms with Gasteiger partial charge in [-0.05, 0) is 30.3 Å². The smallest absolute Gasteiger partial charge is 0.416 e. The van der Waals surface area contributed by atoms with Gasteiger partial charge < -0.3 is 25.2 Å². The lowest BCUT2D eigenvalue weighted by Crippen LogP contribution is -2.60. The van der Waals surface area contributed by atoms with Crippen LogP contribution < -0.4 is 20.3 Å². The van der Waals surface area contributed by atoms with E-state index >= 15 is 0 Å². The Morgan fingerprint density at radius 2 is 1.79 bits per heavy atom. The number of ether oxygens (including phenoxy) is 1. The number of hydrogen-bond acceptors (Lipinski definition) is 6. The fourth-order valence-electron chi connectivity index (χ4n) is 4.70. The number of nitrogens with one attached hydrogen (secondary N) is 2. The van der Waals surface area contributed by atoms with Crippen molar-refractivity contribution in [2.45, 2.75) is 18.6 Å². The Kier molecular flexibility index (Phi) is 8.40. The third-order valence-electron chi connectivity index (χ3n) is 6.66. The highest BCUT2D eigenvalue weighted by atomic mass is 19.4. The zero-order valence-electron chi connectivity index (χ0n) is 21.0. The summed E-state index contributed by atoms with van der Waals surface area (Å²) in [7, 11) is 1.62. The van der Waals surface area contributed by atoms with E-state index in [4.69, 9.17) is 4.74 Å². The van der Waals surface area contributed by atoms with Crippen LogP contribution in [0.3, 0.4) is 0 Å². The van der Waals surface area contributed by atoms with E-state index < -0.39 is 29.6 Å². The summed E-state index contributed by atoms with van der Waals surface area (Å²) < 4.78 is 44.4. The molecule has 3 amide bonds. The lowest BCUT2D eigenvalue weighted by Gasteiger charge is -2.39. The number of nitrogens with zero attached hydrogens (tertiary/aromatic N) is 3. The molecule has 9 nitrogen and oxygen atoms in total. The first-order chi connectivity index (χ1) is 18.2. The van der Waals surface area contributed by atoms with E-state index in [-0.39, 0.29) is 37.6 Å². The molecule has 2 aromatic carbocycles. The third-order valence-corrected chi connectivity index (χ3v) is 6.66. The Morgan fingerprint density at radius 3 is 2.50 bits per heavy atom. The van der Waals surface area contributed by atoms with Gasteiger partial charge in [0.05, 0.1) is 31.3 Å². The Labute approximate surface area is 218 Å². The summed E-state index contributed by atoms with van der Waals surface area (Å²) in [5, 5.41) is 5.07. The van der Waals surface area contributed by atoms with Crippen LogP contribution >= 0.6 is 0 Å². The molecule has 0 saturated carbocycles. The number of anilines is 2. The molecule has 0 radical (unpaired) electrons. The standard InChI is InChI=1S/C26H30F3N5O4/c1-38-22-8-3-2-7-20(22)33-13-11-32(12-14-33)17-24(36)34-10-9-30-25(37)21(34)16-23(35)31-19-6-4-5-18(15-19)26(27,28)29/h2-8,15,21H,9-14,16-17H2,1H3,(H,30,37)(H,31,35)/t21-/m1/s1. The minimum absolute atomic E-state index is 0.0353. The van der Waals surface area contributed by atoms with Crippen LogP contribution in [0.1, 0.15) is 12.0 Å². The van der Waals surface area contributed by atoms with Crippen LogP contribution in [0.15, 0.2) is 48.5 Å². The number of rotatable bonds is 7. The first-order valence-electron chi connectivity index (χ1n) is 12.3. The summed E-state index contributed by atoms with van der Waals surface area (Å²) >= 11 is 0. The second-order valence-electron chi connectivity index (χ2n) is 9.16. The Hall–Kier alpha value is -3.80. The molecule has 4 rings (SSSR count). The monoisotopic (exact) mass is 533 g/mol. The molecule has 2 aromatic rings. The summed E-state index contributed by atoms with van der Waals surface area (Å²) in [6.07, 6.45) is -4.92. The molecule has 1 atom stereocenters. The van der Waals surface area contributed by atoms with Crippen molar-refractivity contribution in [2.75, 3.05) is 63.1 Å². The van der Waals surface area contributed by atoms with Crippen molar-refractivity contribution in [1.29, 1.82) is 0 Å². The van der Waals surface area contributed by atoms with Crippen LogP contribution in [0.25, 0.3) is 0 Å². The highest BCUT2D eigenvalue weighted by molar-refractivity contribution is 5.97. The number of para-hydroxylation sites is 2. The van der Waals surface area contributed by atoms with Gasteiger partial charge in [-0.3, -0.25) is 19.3 Å². The summed E-state index contributed by atoms with van der Waals surface area (Å²) in [5.74, 6) is -0.621. The molecule has 0 bridgehead atoms. The quantitative estimate of drug-likeness (QED) is 0.567. The number of carbonyl (C=O) groups is 3. The number of alkyl halides is 3. The zero-order valence-corrected chi connectivity index (χ0v) is 21.0. The molecule has 2 saturated heterocycles. The first-order valence-corrected chi connectivity index (χ1v) is 12.3. The second kappa shape index (κ2) is 11.7. The van der Waals surface area contributed by atoms with Crippen molar-refractivity contribution >= 4 is 29.1 Å². The van der Waals surface area contributed by atoms with E-state index in [2.05, 4.69) is 15.5 Å². The average molecular weight is 534 g/mol. The van der Waals surface area contributed by atoms with Crippen LogP contribution in [0.4, 0.5) is 24.5 Å². The Bertz CT molecular complexity index is 1170. The number of hydrogen-bond donors (Lipinski definition) is 2. The van der Waals surface area contributed by atoms with Crippen molar-refractivity contribution in [1.82, 2.24) is 15.1 Å². The minimum Gasteiger partial charge on any atom is -0.495 e. The van der Waals surface area contributed by atoms with Gasteiger partial charge in [-0.25, -0.2) is 0 Å². The maximum absolute atomic E-state index is 13.2. The number of benzene rings is 2. The van der Waals surface area contributed by atoms with Crippen molar-refractivity contribution in [3.63, 3.8) is 0 Å². The normalized spacial score (nSPS) is 18.6. The molecule has 2 heterocycles. The number of halogens is 3. The molecule has 2 N–H and O–H groups in total. The van der Waals surface area contributed by atoms with E-state index in [1.165, 1.54) is 17.0 Å². The molecule has 2 aliphatic rings. The largest absolute Gasteiger partial charge is 0.495 e. The number of methoxy groups -OCH3 is 1. The van der Waals surface area contributed by atoms with Gasteiger partial charge in [0.2, 0.25) is 17.7 Å². The molecule has 204 valence electrons. The van der Waals surface area contributed by atoms with E-state index in [9.17, 15) is 27.6 Å². The lowest BCUT2D eigenvalue weighted by atomic mass is 10.1. The topological polar surface area (TPSA) is 94.2 Å². The molecule has 0 unspecified atom stereocenters. The molecule has 0 aliphatic carbocycles.